The van der Waals surface area contributed by atoms with Gasteiger partial charge in [0, 0.05) is 19.1 Å². The molecule has 1 aliphatic heterocycles. The van der Waals surface area contributed by atoms with Crippen molar-refractivity contribution in [2.45, 2.75) is 32.5 Å². The standard InChI is InChI=1S/C26H27N3O2/c1-18-12-20-13-25(30-2)26(31-3)14-21(20)16-28(18)15-19-8-4-6-10-23(19)29-17-27-22-9-5-7-11-24(22)29/h4-11,13-14,17-18H,12,15-16H2,1-3H3. The van der Waals surface area contributed by atoms with Crippen LogP contribution in [0.15, 0.2) is 67.0 Å². The lowest BCUT2D eigenvalue weighted by molar-refractivity contribution is 0.174. The van der Waals surface area contributed by atoms with Crippen LogP contribution in [0, 0.1) is 0 Å². The Hall–Kier alpha value is -3.31. The summed E-state index contributed by atoms with van der Waals surface area (Å²) in [6.07, 6.45) is 2.92. The maximum absolute atomic E-state index is 5.54. The summed E-state index contributed by atoms with van der Waals surface area (Å²) in [6, 6.07) is 21.6. The molecule has 1 aliphatic rings. The number of methoxy groups -OCH3 is 2. The van der Waals surface area contributed by atoms with Gasteiger partial charge in [-0.05, 0) is 60.4 Å². The van der Waals surface area contributed by atoms with Gasteiger partial charge in [0.25, 0.3) is 0 Å². The largest absolute Gasteiger partial charge is 0.493 e. The molecular formula is C26H27N3O2. The fourth-order valence-corrected chi connectivity index (χ4v) is 4.58. The number of para-hydroxylation sites is 3. The van der Waals surface area contributed by atoms with Crippen molar-refractivity contribution >= 4 is 11.0 Å². The van der Waals surface area contributed by atoms with Crippen molar-refractivity contribution in [2.75, 3.05) is 14.2 Å². The smallest absolute Gasteiger partial charge is 0.161 e. The number of ether oxygens (including phenoxy) is 2. The Balaban J connectivity index is 1.48. The summed E-state index contributed by atoms with van der Waals surface area (Å²) in [7, 11) is 3.39. The molecule has 5 heteroatoms. The fourth-order valence-electron chi connectivity index (χ4n) is 4.58. The highest BCUT2D eigenvalue weighted by Crippen LogP contribution is 2.35. The second kappa shape index (κ2) is 8.08. The predicted octanol–water partition coefficient (Wildman–Crippen LogP) is 4.99. The molecule has 0 radical (unpaired) electrons. The van der Waals surface area contributed by atoms with Crippen LogP contribution in [-0.4, -0.2) is 34.7 Å². The topological polar surface area (TPSA) is 39.5 Å². The molecule has 1 unspecified atom stereocenters. The van der Waals surface area contributed by atoms with Crippen molar-refractivity contribution in [2.24, 2.45) is 0 Å². The Morgan fingerprint density at radius 2 is 1.65 bits per heavy atom. The Morgan fingerprint density at radius 3 is 2.45 bits per heavy atom. The van der Waals surface area contributed by atoms with E-state index in [-0.39, 0.29) is 0 Å². The van der Waals surface area contributed by atoms with Crippen LogP contribution >= 0.6 is 0 Å². The zero-order valence-electron chi connectivity index (χ0n) is 18.2. The monoisotopic (exact) mass is 413 g/mol. The number of rotatable bonds is 5. The molecule has 0 bridgehead atoms. The van der Waals surface area contributed by atoms with Crippen molar-refractivity contribution in [3.8, 4) is 17.2 Å². The van der Waals surface area contributed by atoms with Gasteiger partial charge < -0.3 is 9.47 Å². The van der Waals surface area contributed by atoms with Crippen molar-refractivity contribution in [1.82, 2.24) is 14.5 Å². The summed E-state index contributed by atoms with van der Waals surface area (Å²) in [4.78, 5) is 7.12. The molecule has 1 atom stereocenters. The summed E-state index contributed by atoms with van der Waals surface area (Å²) < 4.78 is 13.2. The lowest BCUT2D eigenvalue weighted by atomic mass is 9.93. The highest BCUT2D eigenvalue weighted by Gasteiger charge is 2.25. The lowest BCUT2D eigenvalue weighted by Crippen LogP contribution is -2.38. The first-order valence-corrected chi connectivity index (χ1v) is 10.7. The van der Waals surface area contributed by atoms with Crippen LogP contribution in [0.5, 0.6) is 11.5 Å². The summed E-state index contributed by atoms with van der Waals surface area (Å²) in [5, 5.41) is 0. The van der Waals surface area contributed by atoms with Gasteiger partial charge in [-0.1, -0.05) is 30.3 Å². The number of fused-ring (bicyclic) bond motifs is 2. The predicted molar refractivity (Wildman–Crippen MR) is 123 cm³/mol. The third kappa shape index (κ3) is 3.55. The molecule has 5 rings (SSSR count). The first-order valence-electron chi connectivity index (χ1n) is 10.7. The van der Waals surface area contributed by atoms with Gasteiger partial charge >= 0.3 is 0 Å². The highest BCUT2D eigenvalue weighted by atomic mass is 16.5. The van der Waals surface area contributed by atoms with Gasteiger partial charge in [0.05, 0.1) is 30.9 Å². The number of nitrogens with zero attached hydrogens (tertiary/aromatic N) is 3. The fraction of sp³-hybridized carbons (Fsp3) is 0.269. The van der Waals surface area contributed by atoms with E-state index < -0.39 is 0 Å². The Bertz CT molecular complexity index is 1230. The van der Waals surface area contributed by atoms with E-state index in [2.05, 4.69) is 76.0 Å². The van der Waals surface area contributed by atoms with Crippen LogP contribution in [0.4, 0.5) is 0 Å². The maximum atomic E-state index is 5.54. The summed E-state index contributed by atoms with van der Waals surface area (Å²) in [5.41, 5.74) is 7.27. The van der Waals surface area contributed by atoms with Crippen LogP contribution in [0.1, 0.15) is 23.6 Å². The van der Waals surface area contributed by atoms with Crippen molar-refractivity contribution in [3.05, 3.63) is 83.7 Å². The minimum atomic E-state index is 0.429. The molecule has 31 heavy (non-hydrogen) atoms. The quantitative estimate of drug-likeness (QED) is 0.462. The molecule has 3 aromatic carbocycles. The molecule has 158 valence electrons. The van der Waals surface area contributed by atoms with Gasteiger partial charge in [-0.3, -0.25) is 9.47 Å². The Labute approximate surface area is 182 Å². The molecule has 0 fully saturated rings. The van der Waals surface area contributed by atoms with Gasteiger partial charge in [-0.15, -0.1) is 0 Å². The second-order valence-electron chi connectivity index (χ2n) is 8.17. The van der Waals surface area contributed by atoms with Gasteiger partial charge in [-0.2, -0.15) is 0 Å². The average molecular weight is 414 g/mol. The van der Waals surface area contributed by atoms with Crippen LogP contribution < -0.4 is 9.47 Å². The van der Waals surface area contributed by atoms with E-state index in [1.807, 2.05) is 12.4 Å². The molecule has 0 saturated carbocycles. The molecule has 0 amide bonds. The number of hydrogen-bond donors (Lipinski definition) is 0. The van der Waals surface area contributed by atoms with Gasteiger partial charge in [0.15, 0.2) is 11.5 Å². The third-order valence-corrected chi connectivity index (χ3v) is 6.30. The molecule has 0 spiro atoms. The molecule has 0 aliphatic carbocycles. The van der Waals surface area contributed by atoms with E-state index in [1.54, 1.807) is 14.2 Å². The van der Waals surface area contributed by atoms with Crippen LogP contribution in [0.2, 0.25) is 0 Å². The number of hydrogen-bond acceptors (Lipinski definition) is 4. The minimum absolute atomic E-state index is 0.429. The Morgan fingerprint density at radius 1 is 0.935 bits per heavy atom. The van der Waals surface area contributed by atoms with Crippen molar-refractivity contribution < 1.29 is 9.47 Å². The number of benzene rings is 3. The maximum Gasteiger partial charge on any atom is 0.161 e. The average Bonchev–Trinajstić information content (AvgIpc) is 3.23. The van der Waals surface area contributed by atoms with E-state index in [0.717, 1.165) is 42.0 Å². The zero-order valence-corrected chi connectivity index (χ0v) is 18.2. The summed E-state index contributed by atoms with van der Waals surface area (Å²) in [5.74, 6) is 1.60. The van der Waals surface area contributed by atoms with E-state index in [1.165, 1.54) is 22.4 Å². The third-order valence-electron chi connectivity index (χ3n) is 6.30. The van der Waals surface area contributed by atoms with Crippen LogP contribution in [0.3, 0.4) is 0 Å². The second-order valence-corrected chi connectivity index (χ2v) is 8.17. The molecule has 1 aromatic heterocycles. The number of imidazole rings is 1. The van der Waals surface area contributed by atoms with E-state index in [9.17, 15) is 0 Å². The summed E-state index contributed by atoms with van der Waals surface area (Å²) >= 11 is 0. The molecule has 4 aromatic rings. The van der Waals surface area contributed by atoms with E-state index in [0.29, 0.717) is 6.04 Å². The van der Waals surface area contributed by atoms with E-state index in [4.69, 9.17) is 9.47 Å². The van der Waals surface area contributed by atoms with Gasteiger partial charge in [0.1, 0.15) is 6.33 Å². The molecule has 5 nitrogen and oxygen atoms in total. The first kappa shape index (κ1) is 19.6. The normalized spacial score (nSPS) is 16.3. The van der Waals surface area contributed by atoms with Crippen LogP contribution in [0.25, 0.3) is 16.7 Å². The number of aromatic nitrogens is 2. The van der Waals surface area contributed by atoms with Gasteiger partial charge in [0.2, 0.25) is 0 Å². The van der Waals surface area contributed by atoms with Crippen molar-refractivity contribution in [3.63, 3.8) is 0 Å². The lowest BCUT2D eigenvalue weighted by Gasteiger charge is -2.35. The zero-order chi connectivity index (χ0) is 21.4. The Kier molecular flexibility index (Phi) is 5.12. The first-order chi connectivity index (χ1) is 15.2. The molecule has 0 saturated heterocycles. The molecule has 0 N–H and O–H groups in total. The highest BCUT2D eigenvalue weighted by molar-refractivity contribution is 5.77. The summed E-state index contributed by atoms with van der Waals surface area (Å²) in [6.45, 7) is 4.06. The van der Waals surface area contributed by atoms with E-state index >= 15 is 0 Å². The van der Waals surface area contributed by atoms with Gasteiger partial charge in [-0.25, -0.2) is 4.98 Å². The van der Waals surface area contributed by atoms with Crippen molar-refractivity contribution in [1.29, 1.82) is 0 Å². The minimum Gasteiger partial charge on any atom is -0.493 e. The SMILES string of the molecule is COc1cc2c(cc1OC)CN(Cc1ccccc1-n1cnc3ccccc31)C(C)C2. The molecular weight excluding hydrogens is 386 g/mol. The molecule has 2 heterocycles. The van der Waals surface area contributed by atoms with Crippen LogP contribution in [-0.2, 0) is 19.5 Å².